The second-order valence-electron chi connectivity index (χ2n) is 19.1. The summed E-state index contributed by atoms with van der Waals surface area (Å²) in [5.74, 6) is -0.597. The Balaban J connectivity index is 7.63. The van der Waals surface area contributed by atoms with Gasteiger partial charge in [-0.2, -0.15) is 0 Å². The zero-order chi connectivity index (χ0) is 39.5. The van der Waals surface area contributed by atoms with Gasteiger partial charge in [0.15, 0.2) is 49.9 Å². The summed E-state index contributed by atoms with van der Waals surface area (Å²) in [5.41, 5.74) is -1.14. The van der Waals surface area contributed by atoms with Crippen molar-refractivity contribution in [3.63, 3.8) is 0 Å². The van der Waals surface area contributed by atoms with Crippen LogP contribution in [0.4, 0.5) is 0 Å². The highest BCUT2D eigenvalue weighted by molar-refractivity contribution is 6.87. The van der Waals surface area contributed by atoms with Gasteiger partial charge >= 0.3 is 32.4 Å². The molecule has 1 atom stereocenters. The lowest BCUT2D eigenvalue weighted by Crippen LogP contribution is -2.65. The van der Waals surface area contributed by atoms with Crippen LogP contribution in [0.25, 0.3) is 0 Å². The number of rotatable bonds is 22. The highest BCUT2D eigenvalue weighted by Gasteiger charge is 2.56. The Morgan fingerprint density at radius 3 is 1.00 bits per heavy atom. The van der Waals surface area contributed by atoms with Crippen LogP contribution < -0.4 is 0 Å². The maximum Gasteiger partial charge on any atom is 0.479 e. The normalized spacial score (nSPS) is 15.8. The molecule has 0 radical (unpaired) electrons. The molecule has 0 aliphatic rings. The molecule has 0 aliphatic carbocycles. The van der Waals surface area contributed by atoms with Gasteiger partial charge in [-0.05, 0) is 125 Å². The van der Waals surface area contributed by atoms with E-state index in [9.17, 15) is 4.79 Å². The highest BCUT2D eigenvalue weighted by atomic mass is 28.5. The van der Waals surface area contributed by atoms with Gasteiger partial charge in [-0.15, -0.1) is 0 Å². The summed E-state index contributed by atoms with van der Waals surface area (Å²) in [6, 6.07) is 0. The number of hydrogen-bond acceptors (Lipinski definition) is 11. The monoisotopic (exact) mass is 866 g/mol. The summed E-state index contributed by atoms with van der Waals surface area (Å²) in [6.07, 6.45) is -1.18. The lowest BCUT2D eigenvalue weighted by Gasteiger charge is -2.48. The van der Waals surface area contributed by atoms with Gasteiger partial charge in [0, 0.05) is 25.2 Å². The van der Waals surface area contributed by atoms with Crippen molar-refractivity contribution < 1.29 is 47.5 Å². The van der Waals surface area contributed by atoms with Crippen LogP contribution in [0.15, 0.2) is 12.2 Å². The third-order valence-electron chi connectivity index (χ3n) is 5.22. The predicted octanol–water partition coefficient (Wildman–Crippen LogP) is 7.71. The Morgan fingerprint density at radius 1 is 0.531 bits per heavy atom. The number of carbonyl (C=O) groups is 1. The van der Waals surface area contributed by atoms with Crippen LogP contribution >= 0.6 is 0 Å². The fraction of sp³-hybridized carbons (Fsp3) is 0.893. The van der Waals surface area contributed by atoms with Crippen LogP contribution in [0.3, 0.4) is 0 Å². The first-order valence-electron chi connectivity index (χ1n) is 17.2. The zero-order valence-electron chi connectivity index (χ0n) is 35.5. The Bertz CT molecular complexity index is 1010. The molecule has 0 aromatic heterocycles. The average molecular weight is 868 g/mol. The van der Waals surface area contributed by atoms with Crippen molar-refractivity contribution in [1.82, 2.24) is 0 Å². The number of carbonyl (C=O) groups excluding carboxylic acids is 1. The highest BCUT2D eigenvalue weighted by Crippen LogP contribution is 2.36. The van der Waals surface area contributed by atoms with Crippen LogP contribution in [0.1, 0.15) is 13.3 Å². The lowest BCUT2D eigenvalue weighted by atomic mass is 10.3. The smallest absolute Gasteiger partial charge is 0.433 e. The van der Waals surface area contributed by atoms with Crippen LogP contribution in [0.2, 0.25) is 137 Å². The standard InChI is InChI=1S/C28H74O11Si10/c1-25(2)27(29)30-26(31-47(21,34-41(3,4)5)35-42(6,7)8)24-28(40,32-48(22,36-43(9,10)11)37-44(12,13)14)33-49(23,38-45(15,16)17)39-46(18,19)20/h26H,1,24H2,2-23,40H3. The Morgan fingerprint density at radius 2 is 0.776 bits per heavy atom. The summed E-state index contributed by atoms with van der Waals surface area (Å²) in [5, 5.41) is 0. The fourth-order valence-electron chi connectivity index (χ4n) is 5.29. The maximum absolute atomic E-state index is 13.2. The molecule has 11 nitrogen and oxygen atoms in total. The molecule has 0 aromatic carbocycles. The molecule has 0 spiro atoms. The van der Waals surface area contributed by atoms with Gasteiger partial charge < -0.3 is 42.7 Å². The first-order chi connectivity index (χ1) is 21.1. The summed E-state index contributed by atoms with van der Waals surface area (Å²) in [7, 11) is -23.1. The van der Waals surface area contributed by atoms with E-state index in [0.29, 0.717) is 10.2 Å². The molecule has 0 fully saturated rings. The van der Waals surface area contributed by atoms with Gasteiger partial charge in [0.2, 0.25) is 6.29 Å². The van der Waals surface area contributed by atoms with Crippen molar-refractivity contribution in [3.8, 4) is 0 Å². The van der Waals surface area contributed by atoms with E-state index < -0.39 is 94.0 Å². The molecule has 0 aromatic rings. The van der Waals surface area contributed by atoms with Gasteiger partial charge in [-0.1, -0.05) is 6.58 Å². The van der Waals surface area contributed by atoms with Gasteiger partial charge in [0.05, 0.1) is 16.7 Å². The van der Waals surface area contributed by atoms with E-state index >= 15 is 0 Å². The molecule has 49 heavy (non-hydrogen) atoms. The van der Waals surface area contributed by atoms with E-state index in [1.54, 1.807) is 6.92 Å². The van der Waals surface area contributed by atoms with E-state index in [4.69, 9.17) is 42.7 Å². The first-order valence-corrected chi connectivity index (χ1v) is 45.3. The molecule has 1 unspecified atom stereocenters. The van der Waals surface area contributed by atoms with Crippen LogP contribution in [-0.2, 0) is 47.5 Å². The molecular formula is C28H74O11Si10. The van der Waals surface area contributed by atoms with Crippen LogP contribution in [-0.4, -0.2) is 104 Å². The van der Waals surface area contributed by atoms with Gasteiger partial charge in [-0.25, -0.2) is 4.79 Å². The van der Waals surface area contributed by atoms with Crippen molar-refractivity contribution in [1.29, 1.82) is 0 Å². The van der Waals surface area contributed by atoms with E-state index in [0.717, 1.165) is 0 Å². The predicted molar refractivity (Wildman–Crippen MR) is 227 cm³/mol. The fourth-order valence-corrected chi connectivity index (χ4v) is 39.7. The number of ether oxygens (including phenoxy) is 1. The first kappa shape index (κ1) is 50.0. The molecule has 0 N–H and O–H groups in total. The molecule has 0 bridgehead atoms. The molecule has 0 saturated carbocycles. The van der Waals surface area contributed by atoms with Crippen molar-refractivity contribution in [3.05, 3.63) is 12.2 Å². The topological polar surface area (TPSA) is 109 Å². The molecule has 0 heterocycles. The third-order valence-corrected chi connectivity index (χ3v) is 32.7. The van der Waals surface area contributed by atoms with Crippen molar-refractivity contribution in [2.75, 3.05) is 0 Å². The van der Waals surface area contributed by atoms with E-state index in [1.807, 2.05) is 19.6 Å². The number of esters is 1. The van der Waals surface area contributed by atoms with Crippen molar-refractivity contribution in [2.24, 2.45) is 0 Å². The molecule has 0 aliphatic heterocycles. The van der Waals surface area contributed by atoms with E-state index in [1.165, 1.54) is 0 Å². The molecule has 21 heteroatoms. The molecule has 0 rings (SSSR count). The second kappa shape index (κ2) is 17.2. The minimum Gasteiger partial charge on any atom is -0.433 e. The quantitative estimate of drug-likeness (QED) is 0.0463. The van der Waals surface area contributed by atoms with Crippen molar-refractivity contribution in [2.45, 2.75) is 163 Å². The zero-order valence-corrected chi connectivity index (χ0v) is 46.5. The summed E-state index contributed by atoms with van der Waals surface area (Å²) in [6.45, 7) is 49.1. The minimum atomic E-state index is -3.42. The Kier molecular flexibility index (Phi) is 17.6. The SMILES string of the molecule is C=C(C)C(=O)OC(CC([SiH3])(O[Si](C)(O[Si](C)(C)C)O[Si](C)(C)C)O[Si](C)(O[Si](C)(C)C)O[Si](C)(C)C)O[Si](C)(O[Si](C)(C)C)O[Si](C)(C)C. The molecule has 0 amide bonds. The van der Waals surface area contributed by atoms with Crippen molar-refractivity contribution >= 4 is 92.5 Å². The average Bonchev–Trinajstić information content (AvgIpc) is 2.62. The maximum atomic E-state index is 13.2. The lowest BCUT2D eigenvalue weighted by molar-refractivity contribution is -0.187. The van der Waals surface area contributed by atoms with E-state index in [-0.39, 0.29) is 12.0 Å². The third kappa shape index (κ3) is 24.1. The van der Waals surface area contributed by atoms with Crippen LogP contribution in [0.5, 0.6) is 0 Å². The van der Waals surface area contributed by atoms with Gasteiger partial charge in [0.25, 0.3) is 0 Å². The summed E-state index contributed by atoms with van der Waals surface area (Å²) in [4.78, 5) is 13.2. The van der Waals surface area contributed by atoms with Crippen LogP contribution in [0, 0.1) is 0 Å². The second-order valence-corrected chi connectivity index (χ2v) is 56.7. The molecule has 0 saturated heterocycles. The van der Waals surface area contributed by atoms with Gasteiger partial charge in [-0.3, -0.25) is 0 Å². The molecular weight excluding hydrogens is 793 g/mol. The summed E-state index contributed by atoms with van der Waals surface area (Å²) >= 11 is 0. The Labute approximate surface area is 313 Å². The molecule has 292 valence electrons. The van der Waals surface area contributed by atoms with Gasteiger partial charge in [0.1, 0.15) is 5.41 Å². The largest absolute Gasteiger partial charge is 0.479 e. The summed E-state index contributed by atoms with van der Waals surface area (Å²) < 4.78 is 67.8. The Hall–Kier alpha value is 1.02. The van der Waals surface area contributed by atoms with E-state index in [2.05, 4.69) is 124 Å². The minimum absolute atomic E-state index is 0.00956. The number of hydrogen-bond donors (Lipinski definition) is 0.